The van der Waals surface area contributed by atoms with Gasteiger partial charge in [0.1, 0.15) is 5.75 Å². The lowest BCUT2D eigenvalue weighted by molar-refractivity contribution is 0.0124. The molecule has 0 aromatic heterocycles. The Kier molecular flexibility index (Phi) is 5.34. The predicted molar refractivity (Wildman–Crippen MR) is 78.1 cm³/mol. The third-order valence-corrected chi connectivity index (χ3v) is 3.94. The van der Waals surface area contributed by atoms with E-state index in [0.29, 0.717) is 22.7 Å². The van der Waals surface area contributed by atoms with Gasteiger partial charge in [0.15, 0.2) is 0 Å². The second kappa shape index (κ2) is 6.80. The zero-order valence-electron chi connectivity index (χ0n) is 11.0. The van der Waals surface area contributed by atoms with Gasteiger partial charge in [-0.15, -0.1) is 0 Å². The molecule has 5 heteroatoms. The Balaban J connectivity index is 1.96. The third kappa shape index (κ3) is 3.99. The van der Waals surface area contributed by atoms with Crippen molar-refractivity contribution in [2.24, 2.45) is 0 Å². The van der Waals surface area contributed by atoms with Gasteiger partial charge in [-0.3, -0.25) is 4.90 Å². The largest absolute Gasteiger partial charge is 0.506 e. The van der Waals surface area contributed by atoms with Crippen molar-refractivity contribution in [3.8, 4) is 5.75 Å². The van der Waals surface area contributed by atoms with E-state index >= 15 is 0 Å². The second-order valence-electron chi connectivity index (χ2n) is 4.83. The topological polar surface area (TPSA) is 32.7 Å². The van der Waals surface area contributed by atoms with Gasteiger partial charge in [0.05, 0.1) is 11.1 Å². The summed E-state index contributed by atoms with van der Waals surface area (Å²) in [6.45, 7) is 5.40. The number of ether oxygens (including phenoxy) is 1. The molecule has 0 amide bonds. The lowest BCUT2D eigenvalue weighted by Crippen LogP contribution is -2.36. The predicted octanol–water partition coefficient (Wildman–Crippen LogP) is 3.70. The van der Waals surface area contributed by atoms with Crippen molar-refractivity contribution in [2.75, 3.05) is 19.7 Å². The van der Waals surface area contributed by atoms with E-state index in [1.807, 2.05) is 6.92 Å². The van der Waals surface area contributed by atoms with E-state index < -0.39 is 0 Å². The number of likely N-dealkylation sites (tertiary alicyclic amines) is 1. The van der Waals surface area contributed by atoms with Crippen molar-refractivity contribution in [3.05, 3.63) is 27.7 Å². The van der Waals surface area contributed by atoms with Gasteiger partial charge in [0.25, 0.3) is 0 Å². The number of benzene rings is 1. The highest BCUT2D eigenvalue weighted by molar-refractivity contribution is 6.35. The molecule has 1 aliphatic heterocycles. The summed E-state index contributed by atoms with van der Waals surface area (Å²) in [5.41, 5.74) is 0.785. The number of nitrogens with zero attached hydrogens (tertiary/aromatic N) is 1. The van der Waals surface area contributed by atoms with Crippen LogP contribution in [-0.2, 0) is 11.3 Å². The zero-order chi connectivity index (χ0) is 13.8. The monoisotopic (exact) mass is 303 g/mol. The molecular weight excluding hydrogens is 285 g/mol. The number of piperidine rings is 1. The molecule has 1 aliphatic rings. The minimum absolute atomic E-state index is 0.137. The number of hydrogen-bond acceptors (Lipinski definition) is 3. The summed E-state index contributed by atoms with van der Waals surface area (Å²) in [6, 6.07) is 3.33. The van der Waals surface area contributed by atoms with Gasteiger partial charge in [0.2, 0.25) is 0 Å². The van der Waals surface area contributed by atoms with Crippen LogP contribution in [0.5, 0.6) is 5.75 Å². The molecule has 2 rings (SSSR count). The molecule has 1 aromatic rings. The first-order valence-corrected chi connectivity index (χ1v) is 7.36. The van der Waals surface area contributed by atoms with Crippen LogP contribution in [0.4, 0.5) is 0 Å². The van der Waals surface area contributed by atoms with Crippen LogP contribution in [0.2, 0.25) is 10.0 Å². The van der Waals surface area contributed by atoms with Gasteiger partial charge in [-0.25, -0.2) is 0 Å². The number of phenols is 1. The van der Waals surface area contributed by atoms with Crippen LogP contribution in [0.25, 0.3) is 0 Å². The molecule has 0 bridgehead atoms. The van der Waals surface area contributed by atoms with E-state index in [9.17, 15) is 5.11 Å². The molecular formula is C14H19Cl2NO2. The van der Waals surface area contributed by atoms with Crippen LogP contribution in [0, 0.1) is 0 Å². The number of hydrogen-bond donors (Lipinski definition) is 1. The molecule has 1 fully saturated rings. The van der Waals surface area contributed by atoms with Crippen molar-refractivity contribution >= 4 is 23.2 Å². The number of aromatic hydroxyl groups is 1. The van der Waals surface area contributed by atoms with Crippen molar-refractivity contribution < 1.29 is 9.84 Å². The Morgan fingerprint density at radius 3 is 2.63 bits per heavy atom. The van der Waals surface area contributed by atoms with Crippen LogP contribution in [0.15, 0.2) is 12.1 Å². The van der Waals surface area contributed by atoms with Gasteiger partial charge in [-0.05, 0) is 31.9 Å². The second-order valence-corrected chi connectivity index (χ2v) is 5.67. The molecule has 0 spiro atoms. The average molecular weight is 304 g/mol. The summed E-state index contributed by atoms with van der Waals surface area (Å²) in [7, 11) is 0. The number of halogens is 2. The first kappa shape index (κ1) is 14.9. The Labute approximate surface area is 124 Å². The minimum Gasteiger partial charge on any atom is -0.506 e. The minimum atomic E-state index is 0.137. The average Bonchev–Trinajstić information content (AvgIpc) is 2.38. The van der Waals surface area contributed by atoms with E-state index in [1.54, 1.807) is 12.1 Å². The van der Waals surface area contributed by atoms with Gasteiger partial charge < -0.3 is 9.84 Å². The first-order chi connectivity index (χ1) is 9.10. The maximum Gasteiger partial charge on any atom is 0.138 e. The summed E-state index contributed by atoms with van der Waals surface area (Å²) in [6.07, 6.45) is 2.43. The van der Waals surface area contributed by atoms with Crippen molar-refractivity contribution in [1.82, 2.24) is 4.90 Å². The highest BCUT2D eigenvalue weighted by Gasteiger charge is 2.20. The quantitative estimate of drug-likeness (QED) is 0.920. The van der Waals surface area contributed by atoms with Gasteiger partial charge >= 0.3 is 0 Å². The Morgan fingerprint density at radius 1 is 1.32 bits per heavy atom. The van der Waals surface area contributed by atoms with Crippen molar-refractivity contribution in [2.45, 2.75) is 32.4 Å². The fourth-order valence-corrected chi connectivity index (χ4v) is 2.99. The van der Waals surface area contributed by atoms with E-state index in [1.165, 1.54) is 0 Å². The smallest absolute Gasteiger partial charge is 0.138 e. The molecule has 0 unspecified atom stereocenters. The molecule has 1 saturated heterocycles. The molecule has 0 radical (unpaired) electrons. The standard InChI is InChI=1S/C14H19Cl2NO2/c1-2-19-12-3-5-17(6-4-12)9-10-7-11(15)8-13(16)14(10)18/h7-8,12,18H,2-6,9H2,1H3. The summed E-state index contributed by atoms with van der Waals surface area (Å²) in [5.74, 6) is 0.137. The normalized spacial score (nSPS) is 17.8. The van der Waals surface area contributed by atoms with Crippen LogP contribution in [0.3, 0.4) is 0 Å². The molecule has 0 saturated carbocycles. The molecule has 1 N–H and O–H groups in total. The first-order valence-electron chi connectivity index (χ1n) is 6.61. The van der Waals surface area contributed by atoms with Crippen LogP contribution in [-0.4, -0.2) is 35.8 Å². The SMILES string of the molecule is CCOC1CCN(Cc2cc(Cl)cc(Cl)c2O)CC1. The fraction of sp³-hybridized carbons (Fsp3) is 0.571. The van der Waals surface area contributed by atoms with E-state index in [2.05, 4.69) is 4.90 Å². The van der Waals surface area contributed by atoms with Gasteiger partial charge in [-0.1, -0.05) is 23.2 Å². The Hall–Kier alpha value is -0.480. The molecule has 1 aromatic carbocycles. The lowest BCUT2D eigenvalue weighted by atomic mass is 10.1. The number of phenolic OH excluding ortho intramolecular Hbond substituents is 1. The molecule has 106 valence electrons. The van der Waals surface area contributed by atoms with Gasteiger partial charge in [0, 0.05) is 36.8 Å². The van der Waals surface area contributed by atoms with E-state index in [4.69, 9.17) is 27.9 Å². The summed E-state index contributed by atoms with van der Waals surface area (Å²) >= 11 is 11.9. The molecule has 0 aliphatic carbocycles. The summed E-state index contributed by atoms with van der Waals surface area (Å²) in [4.78, 5) is 2.29. The summed E-state index contributed by atoms with van der Waals surface area (Å²) < 4.78 is 5.63. The van der Waals surface area contributed by atoms with Crippen molar-refractivity contribution in [3.63, 3.8) is 0 Å². The zero-order valence-corrected chi connectivity index (χ0v) is 12.5. The molecule has 3 nitrogen and oxygen atoms in total. The van der Waals surface area contributed by atoms with Crippen molar-refractivity contribution in [1.29, 1.82) is 0 Å². The third-order valence-electron chi connectivity index (χ3n) is 3.44. The van der Waals surface area contributed by atoms with E-state index in [0.717, 1.165) is 38.1 Å². The van der Waals surface area contributed by atoms with Crippen LogP contribution in [0.1, 0.15) is 25.3 Å². The van der Waals surface area contributed by atoms with E-state index in [-0.39, 0.29) is 5.75 Å². The highest BCUT2D eigenvalue weighted by atomic mass is 35.5. The van der Waals surface area contributed by atoms with Crippen LogP contribution < -0.4 is 0 Å². The fourth-order valence-electron chi connectivity index (χ4n) is 2.45. The molecule has 19 heavy (non-hydrogen) atoms. The maximum absolute atomic E-state index is 9.95. The lowest BCUT2D eigenvalue weighted by Gasteiger charge is -2.31. The molecule has 0 atom stereocenters. The van der Waals surface area contributed by atoms with Gasteiger partial charge in [-0.2, -0.15) is 0 Å². The Bertz CT molecular complexity index is 432. The maximum atomic E-state index is 9.95. The highest BCUT2D eigenvalue weighted by Crippen LogP contribution is 2.32. The molecule has 1 heterocycles. The van der Waals surface area contributed by atoms with Crippen LogP contribution >= 0.6 is 23.2 Å². The number of rotatable bonds is 4. The summed E-state index contributed by atoms with van der Waals surface area (Å²) in [5, 5.41) is 10.8. The Morgan fingerprint density at radius 2 is 2.00 bits per heavy atom.